The van der Waals surface area contributed by atoms with Gasteiger partial charge in [0.25, 0.3) is 0 Å². The average Bonchev–Trinajstić information content (AvgIpc) is 3.32. The Morgan fingerprint density at radius 2 is 2.03 bits per heavy atom. The third kappa shape index (κ3) is 5.07. The molecule has 32 heavy (non-hydrogen) atoms. The molecule has 1 aliphatic heterocycles. The first-order valence-corrected chi connectivity index (χ1v) is 11.1. The van der Waals surface area contributed by atoms with Crippen molar-refractivity contribution in [1.82, 2.24) is 20.0 Å². The van der Waals surface area contributed by atoms with Crippen molar-refractivity contribution in [3.8, 4) is 0 Å². The molecule has 1 aromatic carbocycles. The highest BCUT2D eigenvalue weighted by Gasteiger charge is 2.53. The molecular weight excluding hydrogens is 408 g/mol. The third-order valence-corrected chi connectivity index (χ3v) is 5.94. The fourth-order valence-corrected chi connectivity index (χ4v) is 4.23. The van der Waals surface area contributed by atoms with Crippen LogP contribution < -0.4 is 0 Å². The van der Waals surface area contributed by atoms with Gasteiger partial charge in [-0.25, -0.2) is 0 Å². The van der Waals surface area contributed by atoms with Crippen LogP contribution in [0.2, 0.25) is 0 Å². The van der Waals surface area contributed by atoms with Gasteiger partial charge >= 0.3 is 0 Å². The molecule has 2 aromatic rings. The first-order valence-electron chi connectivity index (χ1n) is 11.1. The maximum Gasteiger partial charge on any atom is 0.240 e. The second kappa shape index (κ2) is 10.5. The monoisotopic (exact) mass is 440 g/mol. The summed E-state index contributed by atoms with van der Waals surface area (Å²) in [6.45, 7) is 3.20. The molecule has 8 nitrogen and oxygen atoms in total. The molecule has 1 N–H and O–H groups in total. The number of aromatic nitrogens is 2. The molecule has 0 spiro atoms. The summed E-state index contributed by atoms with van der Waals surface area (Å²) in [5.41, 5.74) is 1.32. The summed E-state index contributed by atoms with van der Waals surface area (Å²) in [5.74, 6) is -0.748. The molecule has 172 valence electrons. The first kappa shape index (κ1) is 23.7. The summed E-state index contributed by atoms with van der Waals surface area (Å²) in [7, 11) is 3.29. The highest BCUT2D eigenvalue weighted by Crippen LogP contribution is 2.40. The number of H-pyrrole nitrogens is 1. The molecular formula is C24H32N4O4. The van der Waals surface area contributed by atoms with Crippen LogP contribution in [0.3, 0.4) is 0 Å². The highest BCUT2D eigenvalue weighted by molar-refractivity contribution is 6.10. The van der Waals surface area contributed by atoms with Crippen LogP contribution in [0.15, 0.2) is 36.4 Å². The van der Waals surface area contributed by atoms with Gasteiger partial charge in [-0.1, -0.05) is 43.7 Å². The Balaban J connectivity index is 1.80. The zero-order valence-electron chi connectivity index (χ0n) is 19.1. The molecule has 2 heterocycles. The van der Waals surface area contributed by atoms with Crippen molar-refractivity contribution >= 4 is 17.7 Å². The van der Waals surface area contributed by atoms with E-state index >= 15 is 0 Å². The lowest BCUT2D eigenvalue weighted by atomic mass is 9.75. The van der Waals surface area contributed by atoms with E-state index in [4.69, 9.17) is 4.74 Å². The van der Waals surface area contributed by atoms with Crippen molar-refractivity contribution in [3.05, 3.63) is 53.3 Å². The number of carbonyl (C=O) groups is 3. The largest absolute Gasteiger partial charge is 0.385 e. The number of likely N-dealkylation sites (tertiary alicyclic amines) is 1. The van der Waals surface area contributed by atoms with Crippen LogP contribution in [-0.4, -0.2) is 65.0 Å². The Bertz CT molecular complexity index is 942. The van der Waals surface area contributed by atoms with Gasteiger partial charge in [-0.3, -0.25) is 24.4 Å². The molecule has 3 rings (SSSR count). The minimum atomic E-state index is -1.18. The molecule has 1 aromatic heterocycles. The summed E-state index contributed by atoms with van der Waals surface area (Å²) in [5, 5.41) is 7.25. The average molecular weight is 441 g/mol. The lowest BCUT2D eigenvalue weighted by molar-refractivity contribution is -0.142. The number of aryl methyl sites for hydroxylation is 1. The van der Waals surface area contributed by atoms with E-state index in [0.717, 1.165) is 24.2 Å². The lowest BCUT2D eigenvalue weighted by Crippen LogP contribution is -2.43. The highest BCUT2D eigenvalue weighted by atomic mass is 16.5. The maximum atomic E-state index is 13.5. The summed E-state index contributed by atoms with van der Waals surface area (Å²) >= 11 is 0. The van der Waals surface area contributed by atoms with E-state index in [-0.39, 0.29) is 30.6 Å². The Morgan fingerprint density at radius 1 is 1.28 bits per heavy atom. The Kier molecular flexibility index (Phi) is 7.80. The fourth-order valence-electron chi connectivity index (χ4n) is 4.23. The van der Waals surface area contributed by atoms with Crippen LogP contribution in [0, 0.1) is 0 Å². The number of imide groups is 1. The molecule has 0 bridgehead atoms. The van der Waals surface area contributed by atoms with E-state index < -0.39 is 5.41 Å². The van der Waals surface area contributed by atoms with Crippen molar-refractivity contribution in [1.29, 1.82) is 0 Å². The van der Waals surface area contributed by atoms with Crippen LogP contribution in [-0.2, 0) is 37.5 Å². The molecule has 1 aliphatic rings. The van der Waals surface area contributed by atoms with Gasteiger partial charge in [-0.05, 0) is 24.5 Å². The number of aromatic amines is 1. The topological polar surface area (TPSA) is 95.6 Å². The second-order valence-corrected chi connectivity index (χ2v) is 8.38. The molecule has 1 atom stereocenters. The van der Waals surface area contributed by atoms with Crippen LogP contribution >= 0.6 is 0 Å². The first-order chi connectivity index (χ1) is 15.4. The van der Waals surface area contributed by atoms with Crippen molar-refractivity contribution in [2.24, 2.45) is 0 Å². The van der Waals surface area contributed by atoms with Gasteiger partial charge in [-0.2, -0.15) is 5.10 Å². The van der Waals surface area contributed by atoms with Crippen molar-refractivity contribution < 1.29 is 19.1 Å². The molecule has 0 aliphatic carbocycles. The van der Waals surface area contributed by atoms with Gasteiger partial charge in [0, 0.05) is 40.2 Å². The number of hydrogen-bond donors (Lipinski definition) is 1. The molecule has 3 amide bonds. The molecule has 1 fully saturated rings. The third-order valence-electron chi connectivity index (χ3n) is 5.94. The smallest absolute Gasteiger partial charge is 0.240 e. The van der Waals surface area contributed by atoms with E-state index in [1.54, 1.807) is 19.1 Å². The molecule has 0 saturated carbocycles. The summed E-state index contributed by atoms with van der Waals surface area (Å²) in [6, 6.07) is 11.1. The molecule has 1 saturated heterocycles. The van der Waals surface area contributed by atoms with Gasteiger partial charge in [0.1, 0.15) is 0 Å². The zero-order valence-corrected chi connectivity index (χ0v) is 19.1. The van der Waals surface area contributed by atoms with Crippen LogP contribution in [0.25, 0.3) is 0 Å². The lowest BCUT2D eigenvalue weighted by Gasteiger charge is -2.29. The molecule has 0 radical (unpaired) electrons. The number of rotatable bonds is 11. The van der Waals surface area contributed by atoms with E-state index in [1.165, 1.54) is 4.90 Å². The normalized spacial score (nSPS) is 18.4. The number of hydrogen-bond acceptors (Lipinski definition) is 5. The number of methoxy groups -OCH3 is 1. The summed E-state index contributed by atoms with van der Waals surface area (Å²) in [4.78, 5) is 42.4. The SMILES string of the molecule is CCCc1cc(CN(C)C(=O)C[C@]2(c3ccccc3)CC(=O)N(CCCOC)C2=O)[nH]n1. The number of nitrogens with zero attached hydrogens (tertiary/aromatic N) is 3. The minimum absolute atomic E-state index is 0.00683. The number of carbonyl (C=O) groups excluding carboxylic acids is 3. The van der Waals surface area contributed by atoms with Gasteiger partial charge < -0.3 is 9.64 Å². The second-order valence-electron chi connectivity index (χ2n) is 8.38. The van der Waals surface area contributed by atoms with Gasteiger partial charge in [-0.15, -0.1) is 0 Å². The Morgan fingerprint density at radius 3 is 2.72 bits per heavy atom. The van der Waals surface area contributed by atoms with Crippen LogP contribution in [0.1, 0.15) is 49.6 Å². The molecule has 8 heteroatoms. The molecule has 0 unspecified atom stereocenters. The van der Waals surface area contributed by atoms with Crippen LogP contribution in [0.4, 0.5) is 0 Å². The minimum Gasteiger partial charge on any atom is -0.385 e. The van der Waals surface area contributed by atoms with Crippen molar-refractivity contribution in [2.75, 3.05) is 27.3 Å². The zero-order chi connectivity index (χ0) is 23.1. The van der Waals surface area contributed by atoms with Gasteiger partial charge in [0.2, 0.25) is 17.7 Å². The number of benzene rings is 1. The van der Waals surface area contributed by atoms with E-state index in [0.29, 0.717) is 31.7 Å². The Hall–Kier alpha value is -3.00. The summed E-state index contributed by atoms with van der Waals surface area (Å²) < 4.78 is 5.06. The van der Waals surface area contributed by atoms with E-state index in [9.17, 15) is 14.4 Å². The van der Waals surface area contributed by atoms with Gasteiger partial charge in [0.15, 0.2) is 0 Å². The number of amides is 3. The van der Waals surface area contributed by atoms with Crippen molar-refractivity contribution in [3.63, 3.8) is 0 Å². The fraction of sp³-hybridized carbons (Fsp3) is 0.500. The predicted octanol–water partition coefficient (Wildman–Crippen LogP) is 2.44. The Labute approximate surface area is 188 Å². The summed E-state index contributed by atoms with van der Waals surface area (Å²) in [6.07, 6.45) is 2.37. The van der Waals surface area contributed by atoms with E-state index in [1.807, 2.05) is 36.4 Å². The van der Waals surface area contributed by atoms with E-state index in [2.05, 4.69) is 17.1 Å². The number of nitrogens with one attached hydrogen (secondary N) is 1. The number of ether oxygens (including phenoxy) is 1. The van der Waals surface area contributed by atoms with Crippen molar-refractivity contribution in [2.45, 2.75) is 51.0 Å². The van der Waals surface area contributed by atoms with Gasteiger partial charge in [0.05, 0.1) is 23.3 Å². The quantitative estimate of drug-likeness (QED) is 0.428. The standard InChI is InChI=1S/C24H32N4O4/c1-4-9-19-14-20(26-25-19)17-27(2)21(29)15-24(18-10-6-5-7-11-18)16-22(30)28(23(24)31)12-8-13-32-3/h5-7,10-11,14H,4,8-9,12-13,15-17H2,1-3H3,(H,25,26)/t24-/m1/s1. The maximum absolute atomic E-state index is 13.5. The predicted molar refractivity (Wildman–Crippen MR) is 120 cm³/mol. The van der Waals surface area contributed by atoms with Crippen LogP contribution in [0.5, 0.6) is 0 Å².